The van der Waals surface area contributed by atoms with Crippen LogP contribution in [-0.4, -0.2) is 11.1 Å². The highest BCUT2D eigenvalue weighted by Gasteiger charge is 1.97. The van der Waals surface area contributed by atoms with Crippen molar-refractivity contribution < 1.29 is 9.90 Å². The number of hydrogen-bond acceptors (Lipinski definition) is 1. The highest BCUT2D eigenvalue weighted by Crippen LogP contribution is 2.10. The third-order valence-electron chi connectivity index (χ3n) is 4.19. The second-order valence-corrected chi connectivity index (χ2v) is 6.57. The number of carbonyl (C=O) groups is 1. The summed E-state index contributed by atoms with van der Waals surface area (Å²) in [5, 5.41) is 8.74. The molecular weight excluding hydrogens is 296 g/mol. The standard InChI is InChI=1S/C22H38O2/c1-3-4-5-6-7-8-9-10-11-12-13-14-15-16-17-18-19-20-21(2)22(23)24/h7-8,10-11,20H,3-6,9,12-19H2,1-2H3,(H,23,24)/b8-7-,11-10-,21-20+. The van der Waals surface area contributed by atoms with Gasteiger partial charge in [0.1, 0.15) is 0 Å². The fourth-order valence-corrected chi connectivity index (χ4v) is 2.54. The van der Waals surface area contributed by atoms with Gasteiger partial charge in [0.15, 0.2) is 0 Å². The molecule has 24 heavy (non-hydrogen) atoms. The molecule has 0 saturated heterocycles. The van der Waals surface area contributed by atoms with E-state index >= 15 is 0 Å². The van der Waals surface area contributed by atoms with Crippen molar-refractivity contribution in [2.45, 2.75) is 97.3 Å². The van der Waals surface area contributed by atoms with Gasteiger partial charge in [-0.2, -0.15) is 0 Å². The van der Waals surface area contributed by atoms with Gasteiger partial charge in [-0.25, -0.2) is 4.79 Å². The van der Waals surface area contributed by atoms with Crippen LogP contribution in [0.5, 0.6) is 0 Å². The van der Waals surface area contributed by atoms with Crippen LogP contribution in [-0.2, 0) is 4.79 Å². The van der Waals surface area contributed by atoms with Crippen molar-refractivity contribution in [3.05, 3.63) is 36.0 Å². The lowest BCUT2D eigenvalue weighted by Gasteiger charge is -2.00. The van der Waals surface area contributed by atoms with E-state index in [1.165, 1.54) is 64.2 Å². The number of rotatable bonds is 16. The maximum Gasteiger partial charge on any atom is 0.330 e. The van der Waals surface area contributed by atoms with Gasteiger partial charge in [-0.15, -0.1) is 0 Å². The Kier molecular flexibility index (Phi) is 17.1. The van der Waals surface area contributed by atoms with Gasteiger partial charge in [-0.05, 0) is 51.9 Å². The molecule has 0 aliphatic carbocycles. The van der Waals surface area contributed by atoms with Gasteiger partial charge in [0, 0.05) is 5.57 Å². The van der Waals surface area contributed by atoms with Crippen molar-refractivity contribution in [1.29, 1.82) is 0 Å². The molecule has 0 fully saturated rings. The predicted octanol–water partition coefficient (Wildman–Crippen LogP) is 7.22. The summed E-state index contributed by atoms with van der Waals surface area (Å²) in [7, 11) is 0. The van der Waals surface area contributed by atoms with Gasteiger partial charge in [0.25, 0.3) is 0 Å². The molecule has 2 heteroatoms. The minimum Gasteiger partial charge on any atom is -0.478 e. The van der Waals surface area contributed by atoms with E-state index < -0.39 is 5.97 Å². The summed E-state index contributed by atoms with van der Waals surface area (Å²) in [5.41, 5.74) is 0.470. The molecular formula is C22H38O2. The normalized spacial score (nSPS) is 12.5. The van der Waals surface area contributed by atoms with Crippen molar-refractivity contribution in [2.24, 2.45) is 0 Å². The van der Waals surface area contributed by atoms with Crippen LogP contribution in [0.25, 0.3) is 0 Å². The van der Waals surface area contributed by atoms with Crippen LogP contribution in [0, 0.1) is 0 Å². The van der Waals surface area contributed by atoms with Crippen LogP contribution in [0.2, 0.25) is 0 Å². The van der Waals surface area contributed by atoms with E-state index in [0.29, 0.717) is 5.57 Å². The smallest absolute Gasteiger partial charge is 0.330 e. The Morgan fingerprint density at radius 3 is 1.79 bits per heavy atom. The largest absolute Gasteiger partial charge is 0.478 e. The van der Waals surface area contributed by atoms with Crippen LogP contribution in [0.4, 0.5) is 0 Å². The number of carboxylic acid groups (broad SMARTS) is 1. The average Bonchev–Trinajstić information content (AvgIpc) is 2.57. The first-order valence-electron chi connectivity index (χ1n) is 9.88. The first-order chi connectivity index (χ1) is 11.7. The van der Waals surface area contributed by atoms with E-state index in [2.05, 4.69) is 31.2 Å². The highest BCUT2D eigenvalue weighted by molar-refractivity contribution is 5.85. The maximum absolute atomic E-state index is 10.6. The van der Waals surface area contributed by atoms with Crippen molar-refractivity contribution in [1.82, 2.24) is 0 Å². The molecule has 0 heterocycles. The quantitative estimate of drug-likeness (QED) is 0.184. The summed E-state index contributed by atoms with van der Waals surface area (Å²) >= 11 is 0. The van der Waals surface area contributed by atoms with Gasteiger partial charge in [-0.3, -0.25) is 0 Å². The van der Waals surface area contributed by atoms with Crippen molar-refractivity contribution >= 4 is 5.97 Å². The summed E-state index contributed by atoms with van der Waals surface area (Å²) < 4.78 is 0. The van der Waals surface area contributed by atoms with E-state index in [4.69, 9.17) is 5.11 Å². The van der Waals surface area contributed by atoms with E-state index in [1.54, 1.807) is 6.92 Å². The number of aliphatic carboxylic acids is 1. The summed E-state index contributed by atoms with van der Waals surface area (Å²) in [6.45, 7) is 3.91. The lowest BCUT2D eigenvalue weighted by atomic mass is 10.1. The van der Waals surface area contributed by atoms with Crippen LogP contribution in [0.1, 0.15) is 97.3 Å². The molecule has 0 aromatic rings. The lowest BCUT2D eigenvalue weighted by Crippen LogP contribution is -1.95. The Morgan fingerprint density at radius 1 is 0.750 bits per heavy atom. The molecule has 0 radical (unpaired) electrons. The second kappa shape index (κ2) is 18.0. The van der Waals surface area contributed by atoms with Gasteiger partial charge in [0.2, 0.25) is 0 Å². The highest BCUT2D eigenvalue weighted by atomic mass is 16.4. The molecule has 1 N–H and O–H groups in total. The molecule has 0 aromatic heterocycles. The molecule has 0 rings (SSSR count). The van der Waals surface area contributed by atoms with Crippen LogP contribution < -0.4 is 0 Å². The average molecular weight is 335 g/mol. The zero-order chi connectivity index (χ0) is 17.9. The minimum atomic E-state index is -0.796. The number of unbranched alkanes of at least 4 members (excludes halogenated alkanes) is 10. The summed E-state index contributed by atoms with van der Waals surface area (Å²) in [5.74, 6) is -0.796. The molecule has 138 valence electrons. The number of allylic oxidation sites excluding steroid dienone is 5. The van der Waals surface area contributed by atoms with E-state index in [0.717, 1.165) is 19.3 Å². The molecule has 0 aromatic carbocycles. The number of hydrogen-bond donors (Lipinski definition) is 1. The van der Waals surface area contributed by atoms with Crippen LogP contribution in [0.15, 0.2) is 36.0 Å². The zero-order valence-corrected chi connectivity index (χ0v) is 15.9. The number of carboxylic acids is 1. The predicted molar refractivity (Wildman–Crippen MR) is 105 cm³/mol. The Labute approximate surface area is 149 Å². The van der Waals surface area contributed by atoms with Gasteiger partial charge in [-0.1, -0.05) is 75.8 Å². The topological polar surface area (TPSA) is 37.3 Å². The van der Waals surface area contributed by atoms with Gasteiger partial charge < -0.3 is 5.11 Å². The fraction of sp³-hybridized carbons (Fsp3) is 0.682. The molecule has 0 saturated carbocycles. The first-order valence-corrected chi connectivity index (χ1v) is 9.88. The lowest BCUT2D eigenvalue weighted by molar-refractivity contribution is -0.132. The third kappa shape index (κ3) is 17.1. The van der Waals surface area contributed by atoms with E-state index in [-0.39, 0.29) is 0 Å². The Hall–Kier alpha value is -1.31. The summed E-state index contributed by atoms with van der Waals surface area (Å²) in [6.07, 6.45) is 26.9. The SMILES string of the molecule is CCCCC/C=C\C/C=C\CCCCCCCC/C=C(\C)C(=O)O. The zero-order valence-electron chi connectivity index (χ0n) is 15.9. The molecule has 0 aliphatic heterocycles. The van der Waals surface area contributed by atoms with Crippen molar-refractivity contribution in [3.63, 3.8) is 0 Å². The first kappa shape index (κ1) is 22.7. The Balaban J connectivity index is 3.29. The molecule has 0 unspecified atom stereocenters. The van der Waals surface area contributed by atoms with Crippen LogP contribution in [0.3, 0.4) is 0 Å². The Bertz CT molecular complexity index is 377. The second-order valence-electron chi connectivity index (χ2n) is 6.57. The fourth-order valence-electron chi connectivity index (χ4n) is 2.54. The van der Waals surface area contributed by atoms with Crippen molar-refractivity contribution in [3.8, 4) is 0 Å². The summed E-state index contributed by atoms with van der Waals surface area (Å²) in [6, 6.07) is 0. The molecule has 0 aliphatic rings. The molecule has 0 spiro atoms. The van der Waals surface area contributed by atoms with E-state index in [1.807, 2.05) is 6.08 Å². The summed E-state index contributed by atoms with van der Waals surface area (Å²) in [4.78, 5) is 10.6. The minimum absolute atomic E-state index is 0.470. The van der Waals surface area contributed by atoms with Gasteiger partial charge >= 0.3 is 5.97 Å². The third-order valence-corrected chi connectivity index (χ3v) is 4.19. The van der Waals surface area contributed by atoms with Crippen LogP contribution >= 0.6 is 0 Å². The monoisotopic (exact) mass is 334 g/mol. The Morgan fingerprint density at radius 2 is 1.25 bits per heavy atom. The molecule has 2 nitrogen and oxygen atoms in total. The molecule has 0 amide bonds. The van der Waals surface area contributed by atoms with E-state index in [9.17, 15) is 4.79 Å². The maximum atomic E-state index is 10.6. The van der Waals surface area contributed by atoms with Crippen molar-refractivity contribution in [2.75, 3.05) is 0 Å². The molecule has 0 bridgehead atoms. The molecule has 0 atom stereocenters. The van der Waals surface area contributed by atoms with Gasteiger partial charge in [0.05, 0.1) is 0 Å².